The number of amides is 3. The number of nitrogens with two attached hydrogens (primary N) is 1. The van der Waals surface area contributed by atoms with Crippen LogP contribution in [0.3, 0.4) is 0 Å². The maximum Gasteiger partial charge on any atom is 0.321 e. The van der Waals surface area contributed by atoms with Crippen LogP contribution in [0.4, 0.5) is 4.79 Å². The van der Waals surface area contributed by atoms with E-state index in [2.05, 4.69) is 15.5 Å². The van der Waals surface area contributed by atoms with Crippen LogP contribution >= 0.6 is 0 Å². The first-order valence-corrected chi connectivity index (χ1v) is 8.20. The lowest BCUT2D eigenvalue weighted by Gasteiger charge is -2.30. The standard InChI is InChI=1S/C15H28N4O2/c16-10-12-6-8-19(9-7-12)11-14(20)18-15(21)17-13-4-2-1-3-5-13/h12-13H,1-11,16H2,(H2,17,18,20,21). The molecule has 1 aliphatic heterocycles. The number of hydrogen-bond acceptors (Lipinski definition) is 4. The molecule has 120 valence electrons. The Morgan fingerprint density at radius 3 is 2.33 bits per heavy atom. The van der Waals surface area contributed by atoms with Gasteiger partial charge in [0, 0.05) is 6.04 Å². The predicted octanol–water partition coefficient (Wildman–Crippen LogP) is 0.816. The molecule has 0 radical (unpaired) electrons. The van der Waals surface area contributed by atoms with Gasteiger partial charge in [0.25, 0.3) is 0 Å². The van der Waals surface area contributed by atoms with E-state index in [9.17, 15) is 9.59 Å². The van der Waals surface area contributed by atoms with E-state index >= 15 is 0 Å². The minimum atomic E-state index is -0.344. The maximum atomic E-state index is 11.9. The van der Waals surface area contributed by atoms with Gasteiger partial charge in [0.15, 0.2) is 0 Å². The van der Waals surface area contributed by atoms with E-state index in [1.165, 1.54) is 6.42 Å². The summed E-state index contributed by atoms with van der Waals surface area (Å²) >= 11 is 0. The second-order valence-corrected chi connectivity index (χ2v) is 6.31. The molecular formula is C15H28N4O2. The predicted molar refractivity (Wildman–Crippen MR) is 81.8 cm³/mol. The molecular weight excluding hydrogens is 268 g/mol. The van der Waals surface area contributed by atoms with Gasteiger partial charge < -0.3 is 11.1 Å². The zero-order valence-corrected chi connectivity index (χ0v) is 12.8. The average Bonchev–Trinajstić information content (AvgIpc) is 2.48. The van der Waals surface area contributed by atoms with Gasteiger partial charge in [0.05, 0.1) is 6.54 Å². The third-order valence-electron chi connectivity index (χ3n) is 4.60. The molecule has 2 rings (SSSR count). The number of rotatable bonds is 4. The van der Waals surface area contributed by atoms with E-state index in [-0.39, 0.29) is 18.0 Å². The molecule has 0 atom stereocenters. The summed E-state index contributed by atoms with van der Waals surface area (Å²) in [6.45, 7) is 2.80. The van der Waals surface area contributed by atoms with Gasteiger partial charge in [-0.3, -0.25) is 15.0 Å². The van der Waals surface area contributed by atoms with Gasteiger partial charge in [0.1, 0.15) is 0 Å². The first-order chi connectivity index (χ1) is 10.2. The Bertz CT molecular complexity index is 348. The van der Waals surface area contributed by atoms with E-state index < -0.39 is 0 Å². The van der Waals surface area contributed by atoms with Crippen molar-refractivity contribution in [1.29, 1.82) is 0 Å². The number of carbonyl (C=O) groups is 2. The van der Waals surface area contributed by atoms with Gasteiger partial charge in [-0.1, -0.05) is 19.3 Å². The Morgan fingerprint density at radius 1 is 1.05 bits per heavy atom. The van der Waals surface area contributed by atoms with Crippen molar-refractivity contribution in [2.75, 3.05) is 26.2 Å². The van der Waals surface area contributed by atoms with Crippen molar-refractivity contribution < 1.29 is 9.59 Å². The van der Waals surface area contributed by atoms with Gasteiger partial charge in [0.2, 0.25) is 5.91 Å². The monoisotopic (exact) mass is 296 g/mol. The van der Waals surface area contributed by atoms with Crippen LogP contribution in [0, 0.1) is 5.92 Å². The molecule has 1 saturated heterocycles. The van der Waals surface area contributed by atoms with Crippen molar-refractivity contribution in [3.05, 3.63) is 0 Å². The highest BCUT2D eigenvalue weighted by molar-refractivity contribution is 5.95. The molecule has 1 aliphatic carbocycles. The van der Waals surface area contributed by atoms with E-state index in [1.54, 1.807) is 0 Å². The van der Waals surface area contributed by atoms with Gasteiger partial charge >= 0.3 is 6.03 Å². The van der Waals surface area contributed by atoms with Crippen LogP contribution in [0.25, 0.3) is 0 Å². The summed E-state index contributed by atoms with van der Waals surface area (Å²) in [6, 6.07) is -0.115. The number of hydrogen-bond donors (Lipinski definition) is 3. The number of nitrogens with zero attached hydrogens (tertiary/aromatic N) is 1. The SMILES string of the molecule is NCC1CCN(CC(=O)NC(=O)NC2CCCCC2)CC1. The lowest BCUT2D eigenvalue weighted by Crippen LogP contribution is -2.49. The van der Waals surface area contributed by atoms with Crippen LogP contribution in [-0.4, -0.2) is 49.1 Å². The molecule has 1 saturated carbocycles. The van der Waals surface area contributed by atoms with E-state index in [0.29, 0.717) is 12.5 Å². The number of urea groups is 1. The summed E-state index contributed by atoms with van der Waals surface area (Å²) in [5.74, 6) is 0.369. The molecule has 0 bridgehead atoms. The molecule has 2 fully saturated rings. The van der Waals surface area contributed by atoms with Crippen LogP contribution in [-0.2, 0) is 4.79 Å². The molecule has 0 aromatic carbocycles. The van der Waals surface area contributed by atoms with Crippen molar-refractivity contribution in [3.8, 4) is 0 Å². The maximum absolute atomic E-state index is 11.9. The molecule has 1 heterocycles. The zero-order chi connectivity index (χ0) is 15.1. The zero-order valence-electron chi connectivity index (χ0n) is 12.8. The van der Waals surface area contributed by atoms with Crippen molar-refractivity contribution in [2.45, 2.75) is 51.0 Å². The summed E-state index contributed by atoms with van der Waals surface area (Å²) in [6.07, 6.45) is 7.69. The van der Waals surface area contributed by atoms with E-state index in [1.807, 2.05) is 0 Å². The summed E-state index contributed by atoms with van der Waals surface area (Å²) in [5, 5.41) is 5.34. The van der Waals surface area contributed by atoms with Crippen LogP contribution in [0.1, 0.15) is 44.9 Å². The van der Waals surface area contributed by atoms with Gasteiger partial charge in [-0.2, -0.15) is 0 Å². The smallest absolute Gasteiger partial charge is 0.321 e. The third-order valence-corrected chi connectivity index (χ3v) is 4.60. The summed E-state index contributed by atoms with van der Waals surface area (Å²) in [5.41, 5.74) is 5.65. The Labute approximate surface area is 126 Å². The average molecular weight is 296 g/mol. The summed E-state index contributed by atoms with van der Waals surface area (Å²) in [4.78, 5) is 25.8. The first-order valence-electron chi connectivity index (χ1n) is 8.20. The van der Waals surface area contributed by atoms with E-state index in [0.717, 1.165) is 58.2 Å². The minimum absolute atomic E-state index is 0.213. The largest absolute Gasteiger partial charge is 0.335 e. The van der Waals surface area contributed by atoms with Crippen molar-refractivity contribution >= 4 is 11.9 Å². The minimum Gasteiger partial charge on any atom is -0.335 e. The fraction of sp³-hybridized carbons (Fsp3) is 0.867. The fourth-order valence-corrected chi connectivity index (χ4v) is 3.22. The topological polar surface area (TPSA) is 87.5 Å². The molecule has 6 nitrogen and oxygen atoms in total. The number of imide groups is 1. The van der Waals surface area contributed by atoms with Crippen molar-refractivity contribution in [1.82, 2.24) is 15.5 Å². The van der Waals surface area contributed by atoms with Crippen LogP contribution in [0.2, 0.25) is 0 Å². The Hall–Kier alpha value is -1.14. The first kappa shape index (κ1) is 16.2. The second-order valence-electron chi connectivity index (χ2n) is 6.31. The van der Waals surface area contributed by atoms with Crippen molar-refractivity contribution in [2.24, 2.45) is 11.7 Å². The van der Waals surface area contributed by atoms with Gasteiger partial charge in [-0.05, 0) is 51.2 Å². The van der Waals surface area contributed by atoms with Crippen LogP contribution in [0.5, 0.6) is 0 Å². The molecule has 0 aromatic rings. The van der Waals surface area contributed by atoms with Gasteiger partial charge in [-0.15, -0.1) is 0 Å². The van der Waals surface area contributed by atoms with Gasteiger partial charge in [-0.25, -0.2) is 4.79 Å². The number of nitrogens with one attached hydrogen (secondary N) is 2. The molecule has 4 N–H and O–H groups in total. The molecule has 6 heteroatoms. The van der Waals surface area contributed by atoms with Crippen LogP contribution < -0.4 is 16.4 Å². The number of carbonyl (C=O) groups excluding carboxylic acids is 2. The fourth-order valence-electron chi connectivity index (χ4n) is 3.22. The molecule has 0 spiro atoms. The Kier molecular flexibility index (Phi) is 6.45. The summed E-state index contributed by atoms with van der Waals surface area (Å²) < 4.78 is 0. The second kappa shape index (κ2) is 8.34. The Balaban J connectivity index is 1.63. The molecule has 21 heavy (non-hydrogen) atoms. The quantitative estimate of drug-likeness (QED) is 0.716. The molecule has 0 unspecified atom stereocenters. The van der Waals surface area contributed by atoms with E-state index in [4.69, 9.17) is 5.73 Å². The highest BCUT2D eigenvalue weighted by Crippen LogP contribution is 2.17. The Morgan fingerprint density at radius 2 is 1.71 bits per heavy atom. The molecule has 2 aliphatic rings. The number of likely N-dealkylation sites (tertiary alicyclic amines) is 1. The molecule has 0 aromatic heterocycles. The van der Waals surface area contributed by atoms with Crippen LogP contribution in [0.15, 0.2) is 0 Å². The molecule has 3 amide bonds. The highest BCUT2D eigenvalue weighted by atomic mass is 16.2. The third kappa shape index (κ3) is 5.63. The van der Waals surface area contributed by atoms with Crippen molar-refractivity contribution in [3.63, 3.8) is 0 Å². The highest BCUT2D eigenvalue weighted by Gasteiger charge is 2.21. The normalized spacial score (nSPS) is 22.0. The lowest BCUT2D eigenvalue weighted by molar-refractivity contribution is -0.121. The number of piperidine rings is 1. The lowest BCUT2D eigenvalue weighted by atomic mass is 9.96. The summed E-state index contributed by atoms with van der Waals surface area (Å²) in [7, 11) is 0.